The molecule has 19 heavy (non-hydrogen) atoms. The average molecular weight is 251 g/mol. The van der Waals surface area contributed by atoms with Crippen molar-refractivity contribution < 1.29 is 0 Å². The fourth-order valence-corrected chi connectivity index (χ4v) is 2.29. The summed E-state index contributed by atoms with van der Waals surface area (Å²) in [5.74, 6) is 0. The summed E-state index contributed by atoms with van der Waals surface area (Å²) < 4.78 is 0. The Labute approximate surface area is 112 Å². The smallest absolute Gasteiger partial charge is 0.0457 e. The summed E-state index contributed by atoms with van der Waals surface area (Å²) >= 11 is 0. The Kier molecular flexibility index (Phi) is 3.29. The van der Waals surface area contributed by atoms with E-state index in [1.165, 1.54) is 22.0 Å². The highest BCUT2D eigenvalue weighted by Gasteiger charge is 2.07. The molecule has 0 spiro atoms. The minimum atomic E-state index is 0.294. The summed E-state index contributed by atoms with van der Waals surface area (Å²) in [5.41, 5.74) is 3.70. The van der Waals surface area contributed by atoms with Crippen molar-refractivity contribution in [2.75, 3.05) is 0 Å². The lowest BCUT2D eigenvalue weighted by atomic mass is 10.1. The second-order valence-corrected chi connectivity index (χ2v) is 4.75. The first-order valence-electron chi connectivity index (χ1n) is 6.53. The van der Waals surface area contributed by atoms with Crippen LogP contribution in [0.5, 0.6) is 0 Å². The fourth-order valence-electron chi connectivity index (χ4n) is 2.29. The van der Waals surface area contributed by atoms with E-state index in [1.54, 1.807) is 6.20 Å². The van der Waals surface area contributed by atoms with Crippen LogP contribution < -0.4 is 5.32 Å². The largest absolute Gasteiger partial charge is 0.361 e. The molecule has 0 unspecified atom stereocenters. The van der Waals surface area contributed by atoms with Crippen molar-refractivity contribution in [2.24, 2.45) is 0 Å². The predicted molar refractivity (Wildman–Crippen MR) is 77.8 cm³/mol. The maximum Gasteiger partial charge on any atom is 0.0457 e. The zero-order valence-electron chi connectivity index (χ0n) is 10.9. The Hall–Kier alpha value is -2.13. The van der Waals surface area contributed by atoms with E-state index in [4.69, 9.17) is 0 Å². The summed E-state index contributed by atoms with van der Waals surface area (Å²) in [6.45, 7) is 3.01. The van der Waals surface area contributed by atoms with Gasteiger partial charge in [0.05, 0.1) is 0 Å². The van der Waals surface area contributed by atoms with Gasteiger partial charge in [0.1, 0.15) is 0 Å². The van der Waals surface area contributed by atoms with Gasteiger partial charge in [0.25, 0.3) is 0 Å². The number of pyridine rings is 1. The molecule has 2 aromatic heterocycles. The number of nitrogens with one attached hydrogen (secondary N) is 2. The van der Waals surface area contributed by atoms with Crippen LogP contribution in [0.15, 0.2) is 55.0 Å². The molecule has 0 saturated heterocycles. The van der Waals surface area contributed by atoms with E-state index in [0.29, 0.717) is 6.04 Å². The van der Waals surface area contributed by atoms with E-state index in [2.05, 4.69) is 52.7 Å². The van der Waals surface area contributed by atoms with Gasteiger partial charge in [0.2, 0.25) is 0 Å². The van der Waals surface area contributed by atoms with Gasteiger partial charge >= 0.3 is 0 Å². The van der Waals surface area contributed by atoms with Crippen molar-refractivity contribution in [1.82, 2.24) is 15.3 Å². The van der Waals surface area contributed by atoms with Crippen LogP contribution in [0.1, 0.15) is 24.1 Å². The molecule has 0 bridgehead atoms. The molecule has 3 rings (SSSR count). The Bertz CT molecular complexity index is 658. The van der Waals surface area contributed by atoms with E-state index in [0.717, 1.165) is 6.54 Å². The molecule has 2 N–H and O–H groups in total. The molecule has 96 valence electrons. The van der Waals surface area contributed by atoms with E-state index in [1.807, 2.05) is 18.3 Å². The van der Waals surface area contributed by atoms with Gasteiger partial charge in [-0.25, -0.2) is 0 Å². The summed E-state index contributed by atoms with van der Waals surface area (Å²) in [6.07, 6.45) is 5.79. The Morgan fingerprint density at radius 1 is 1.21 bits per heavy atom. The molecule has 1 atom stereocenters. The van der Waals surface area contributed by atoms with Crippen molar-refractivity contribution >= 4 is 10.9 Å². The zero-order chi connectivity index (χ0) is 13.1. The Morgan fingerprint density at radius 2 is 2.11 bits per heavy atom. The molecule has 2 heterocycles. The normalized spacial score (nSPS) is 12.7. The van der Waals surface area contributed by atoms with Crippen LogP contribution in [0.3, 0.4) is 0 Å². The Balaban J connectivity index is 1.73. The molecule has 3 aromatic rings. The van der Waals surface area contributed by atoms with E-state index < -0.39 is 0 Å². The molecule has 0 aliphatic carbocycles. The second-order valence-electron chi connectivity index (χ2n) is 4.75. The second kappa shape index (κ2) is 5.24. The maximum atomic E-state index is 4.15. The van der Waals surface area contributed by atoms with Crippen molar-refractivity contribution in [3.8, 4) is 0 Å². The van der Waals surface area contributed by atoms with Gasteiger partial charge in [-0.15, -0.1) is 0 Å². The summed E-state index contributed by atoms with van der Waals surface area (Å²) in [7, 11) is 0. The molecular weight excluding hydrogens is 234 g/mol. The molecule has 0 radical (unpaired) electrons. The van der Waals surface area contributed by atoms with Crippen LogP contribution in [0.2, 0.25) is 0 Å². The molecule has 3 heteroatoms. The standard InChI is InChI=1S/C16H17N3/c1-12(13-5-4-8-17-9-13)18-10-14-11-19-16-7-3-2-6-15(14)16/h2-9,11-12,18-19H,10H2,1H3/t12-/m0/s1. The highest BCUT2D eigenvalue weighted by Crippen LogP contribution is 2.18. The third kappa shape index (κ3) is 2.51. The third-order valence-corrected chi connectivity index (χ3v) is 3.46. The number of aromatic amines is 1. The van der Waals surface area contributed by atoms with E-state index in [9.17, 15) is 0 Å². The first-order chi connectivity index (χ1) is 9.34. The number of para-hydroxylation sites is 1. The summed E-state index contributed by atoms with van der Waals surface area (Å²) in [6, 6.07) is 12.7. The van der Waals surface area contributed by atoms with Gasteiger partial charge < -0.3 is 10.3 Å². The number of nitrogens with zero attached hydrogens (tertiary/aromatic N) is 1. The van der Waals surface area contributed by atoms with Crippen LogP contribution in [0, 0.1) is 0 Å². The highest BCUT2D eigenvalue weighted by atomic mass is 14.9. The lowest BCUT2D eigenvalue weighted by Gasteiger charge is -2.13. The zero-order valence-corrected chi connectivity index (χ0v) is 10.9. The molecule has 0 aliphatic rings. The van der Waals surface area contributed by atoms with Gasteiger partial charge in [-0.05, 0) is 30.2 Å². The first kappa shape index (κ1) is 11.9. The number of hydrogen-bond acceptors (Lipinski definition) is 2. The van der Waals surface area contributed by atoms with Gasteiger partial charge in [-0.1, -0.05) is 24.3 Å². The monoisotopic (exact) mass is 251 g/mol. The lowest BCUT2D eigenvalue weighted by Crippen LogP contribution is -2.17. The number of H-pyrrole nitrogens is 1. The minimum absolute atomic E-state index is 0.294. The van der Waals surface area contributed by atoms with Crippen molar-refractivity contribution in [2.45, 2.75) is 19.5 Å². The van der Waals surface area contributed by atoms with E-state index >= 15 is 0 Å². The topological polar surface area (TPSA) is 40.7 Å². The van der Waals surface area contributed by atoms with Gasteiger partial charge in [-0.2, -0.15) is 0 Å². The van der Waals surface area contributed by atoms with Gasteiger partial charge in [-0.3, -0.25) is 4.98 Å². The van der Waals surface area contributed by atoms with Crippen LogP contribution in [-0.4, -0.2) is 9.97 Å². The number of benzene rings is 1. The minimum Gasteiger partial charge on any atom is -0.361 e. The van der Waals surface area contributed by atoms with Gasteiger partial charge in [0.15, 0.2) is 0 Å². The maximum absolute atomic E-state index is 4.15. The predicted octanol–water partition coefficient (Wildman–Crippen LogP) is 3.41. The Morgan fingerprint density at radius 3 is 2.95 bits per heavy atom. The molecule has 1 aromatic carbocycles. The number of hydrogen-bond donors (Lipinski definition) is 2. The average Bonchev–Trinajstić information content (AvgIpc) is 2.89. The van der Waals surface area contributed by atoms with Crippen molar-refractivity contribution in [1.29, 1.82) is 0 Å². The van der Waals surface area contributed by atoms with Crippen LogP contribution in [0.25, 0.3) is 10.9 Å². The number of rotatable bonds is 4. The van der Waals surface area contributed by atoms with Crippen LogP contribution >= 0.6 is 0 Å². The summed E-state index contributed by atoms with van der Waals surface area (Å²) in [5, 5.41) is 4.82. The summed E-state index contributed by atoms with van der Waals surface area (Å²) in [4.78, 5) is 7.45. The first-order valence-corrected chi connectivity index (χ1v) is 6.53. The molecule has 0 amide bonds. The van der Waals surface area contributed by atoms with Crippen LogP contribution in [-0.2, 0) is 6.54 Å². The van der Waals surface area contributed by atoms with E-state index in [-0.39, 0.29) is 0 Å². The SMILES string of the molecule is C[C@H](NCc1c[nH]c2ccccc12)c1cccnc1. The third-order valence-electron chi connectivity index (χ3n) is 3.46. The quantitative estimate of drug-likeness (QED) is 0.746. The van der Waals surface area contributed by atoms with Crippen molar-refractivity contribution in [3.05, 3.63) is 66.1 Å². The fraction of sp³-hybridized carbons (Fsp3) is 0.188. The lowest BCUT2D eigenvalue weighted by molar-refractivity contribution is 0.575. The molecular formula is C16H17N3. The van der Waals surface area contributed by atoms with Crippen molar-refractivity contribution in [3.63, 3.8) is 0 Å². The molecule has 0 fully saturated rings. The number of aromatic nitrogens is 2. The van der Waals surface area contributed by atoms with Crippen LogP contribution in [0.4, 0.5) is 0 Å². The molecule has 0 aliphatic heterocycles. The molecule has 3 nitrogen and oxygen atoms in total. The molecule has 0 saturated carbocycles. The highest BCUT2D eigenvalue weighted by molar-refractivity contribution is 5.82. The van der Waals surface area contributed by atoms with Gasteiger partial charge in [0, 0.05) is 42.1 Å². The number of fused-ring (bicyclic) bond motifs is 1.